The van der Waals surface area contributed by atoms with Gasteiger partial charge in [0.1, 0.15) is 5.75 Å². The van der Waals surface area contributed by atoms with Crippen LogP contribution in [-0.2, 0) is 4.79 Å². The Morgan fingerprint density at radius 3 is 2.61 bits per heavy atom. The molecule has 1 unspecified atom stereocenters. The first-order chi connectivity index (χ1) is 17.2. The maximum absolute atomic E-state index is 13.7. The molecule has 1 atom stereocenters. The van der Waals surface area contributed by atoms with E-state index in [1.165, 1.54) is 41.5 Å². The average molecular weight is 523 g/mol. The number of fused-ring (bicyclic) bond motifs is 1. The van der Waals surface area contributed by atoms with Crippen LogP contribution in [0.25, 0.3) is 10.2 Å². The zero-order chi connectivity index (χ0) is 25.7. The minimum absolute atomic E-state index is 0.177. The maximum atomic E-state index is 13.7. The molecule has 1 aliphatic rings. The van der Waals surface area contributed by atoms with Crippen LogP contribution in [0, 0.1) is 24.0 Å². The van der Waals surface area contributed by atoms with Gasteiger partial charge in [-0.25, -0.2) is 9.97 Å². The molecule has 3 heterocycles. The van der Waals surface area contributed by atoms with Gasteiger partial charge in [-0.2, -0.15) is 0 Å². The molecule has 0 radical (unpaired) electrons. The highest BCUT2D eigenvalue weighted by atomic mass is 32.1. The summed E-state index contributed by atoms with van der Waals surface area (Å²) < 4.78 is 5.99. The molecular weight excluding hydrogens is 504 g/mol. The van der Waals surface area contributed by atoms with Crippen molar-refractivity contribution in [3.8, 4) is 5.75 Å². The van der Waals surface area contributed by atoms with Gasteiger partial charge in [-0.3, -0.25) is 24.6 Å². The molecule has 36 heavy (non-hydrogen) atoms. The zero-order valence-corrected chi connectivity index (χ0v) is 20.8. The molecule has 2 aromatic carbocycles. The third-order valence-corrected chi connectivity index (χ3v) is 7.84. The lowest BCUT2D eigenvalue weighted by Crippen LogP contribution is -2.31. The number of aliphatic hydroxyl groups is 1. The number of rotatable bonds is 6. The minimum atomic E-state index is -1.13. The largest absolute Gasteiger partial charge is 0.503 e. The molecule has 182 valence electrons. The SMILES string of the molecule is COc1ccc2nc(N3C(=O)C(O)=C(C(=O)c4sc(C)nc4C)C3c3cccc([N+](=O)[O-])c3)sc2c1. The highest BCUT2D eigenvalue weighted by molar-refractivity contribution is 7.22. The first kappa shape index (κ1) is 23.6. The highest BCUT2D eigenvalue weighted by Gasteiger charge is 2.46. The van der Waals surface area contributed by atoms with Gasteiger partial charge in [0.25, 0.3) is 11.6 Å². The van der Waals surface area contributed by atoms with Crippen molar-refractivity contribution >= 4 is 55.4 Å². The number of aromatic nitrogens is 2. The third-order valence-electron chi connectivity index (χ3n) is 5.75. The van der Waals surface area contributed by atoms with E-state index in [-0.39, 0.29) is 21.3 Å². The average Bonchev–Trinajstić information content (AvgIpc) is 3.51. The van der Waals surface area contributed by atoms with Gasteiger partial charge in [-0.1, -0.05) is 23.5 Å². The summed E-state index contributed by atoms with van der Waals surface area (Å²) in [5, 5.41) is 23.3. The van der Waals surface area contributed by atoms with Crippen LogP contribution in [0.4, 0.5) is 10.8 Å². The van der Waals surface area contributed by atoms with Gasteiger partial charge in [0.05, 0.1) is 49.4 Å². The van der Waals surface area contributed by atoms with E-state index in [2.05, 4.69) is 9.97 Å². The number of Topliss-reactive ketones (excluding diaryl/α,β-unsaturated/α-hetero) is 1. The van der Waals surface area contributed by atoms with E-state index in [0.29, 0.717) is 27.5 Å². The summed E-state index contributed by atoms with van der Waals surface area (Å²) in [6.45, 7) is 3.43. The van der Waals surface area contributed by atoms with E-state index in [4.69, 9.17) is 4.74 Å². The lowest BCUT2D eigenvalue weighted by molar-refractivity contribution is -0.384. The monoisotopic (exact) mass is 522 g/mol. The summed E-state index contributed by atoms with van der Waals surface area (Å²) >= 11 is 2.33. The number of ether oxygens (including phenoxy) is 1. The van der Waals surface area contributed by atoms with Crippen molar-refractivity contribution in [3.63, 3.8) is 0 Å². The van der Waals surface area contributed by atoms with Crippen LogP contribution in [0.1, 0.15) is 32.0 Å². The molecule has 0 aliphatic carbocycles. The van der Waals surface area contributed by atoms with Crippen molar-refractivity contribution in [2.45, 2.75) is 19.9 Å². The predicted octanol–water partition coefficient (Wildman–Crippen LogP) is 5.07. The number of hydrogen-bond acceptors (Lipinski definition) is 10. The fourth-order valence-corrected chi connectivity index (χ4v) is 6.04. The number of hydrogen-bond donors (Lipinski definition) is 1. The molecule has 1 N–H and O–H groups in total. The van der Waals surface area contributed by atoms with Crippen molar-refractivity contribution in [1.82, 2.24) is 9.97 Å². The van der Waals surface area contributed by atoms with Gasteiger partial charge >= 0.3 is 0 Å². The number of thiazole rings is 2. The number of aryl methyl sites for hydroxylation is 2. The number of methoxy groups -OCH3 is 1. The Labute approximate surface area is 212 Å². The number of benzene rings is 2. The van der Waals surface area contributed by atoms with Crippen LogP contribution in [0.2, 0.25) is 0 Å². The summed E-state index contributed by atoms with van der Waals surface area (Å²) in [5.41, 5.74) is 0.967. The number of non-ortho nitro benzene ring substituents is 1. The highest BCUT2D eigenvalue weighted by Crippen LogP contribution is 2.45. The zero-order valence-electron chi connectivity index (χ0n) is 19.2. The number of carbonyl (C=O) groups is 2. The number of ketones is 1. The van der Waals surface area contributed by atoms with E-state index in [1.807, 2.05) is 0 Å². The number of nitro benzene ring substituents is 1. The van der Waals surface area contributed by atoms with Crippen LogP contribution in [0.3, 0.4) is 0 Å². The standard InChI is InChI=1S/C24H18N4O6S2/c1-11-22(35-12(2)25-11)20(29)18-19(13-5-4-6-14(9-13)28(32)33)27(23(31)21(18)30)24-26-16-8-7-15(34-3)10-17(16)36-24/h4-10,19,30H,1-3H3. The Hall–Kier alpha value is -4.16. The first-order valence-corrected chi connectivity index (χ1v) is 12.3. The Balaban J connectivity index is 1.70. The van der Waals surface area contributed by atoms with Crippen molar-refractivity contribution in [3.05, 3.63) is 85.1 Å². The minimum Gasteiger partial charge on any atom is -0.503 e. The number of nitro groups is 1. The first-order valence-electron chi connectivity index (χ1n) is 10.6. The van der Waals surface area contributed by atoms with Crippen molar-refractivity contribution in [2.24, 2.45) is 0 Å². The summed E-state index contributed by atoms with van der Waals surface area (Å²) in [5.74, 6) is -1.50. The van der Waals surface area contributed by atoms with Crippen LogP contribution in [0.15, 0.2) is 53.8 Å². The molecule has 5 rings (SSSR count). The molecule has 1 aliphatic heterocycles. The molecule has 0 spiro atoms. The van der Waals surface area contributed by atoms with E-state index < -0.39 is 28.4 Å². The fourth-order valence-electron chi connectivity index (χ4n) is 4.15. The molecule has 0 bridgehead atoms. The van der Waals surface area contributed by atoms with Gasteiger partial charge in [-0.05, 0) is 37.6 Å². The Morgan fingerprint density at radius 1 is 1.17 bits per heavy atom. The van der Waals surface area contributed by atoms with Crippen LogP contribution >= 0.6 is 22.7 Å². The summed E-state index contributed by atoms with van der Waals surface area (Å²) in [6, 6.07) is 9.75. The van der Waals surface area contributed by atoms with Crippen LogP contribution in [0.5, 0.6) is 5.75 Å². The maximum Gasteiger partial charge on any atom is 0.296 e. The second kappa shape index (κ2) is 8.81. The Bertz CT molecular complexity index is 1610. The van der Waals surface area contributed by atoms with E-state index in [9.17, 15) is 24.8 Å². The molecule has 0 saturated carbocycles. The number of anilines is 1. The Morgan fingerprint density at radius 2 is 1.94 bits per heavy atom. The smallest absolute Gasteiger partial charge is 0.296 e. The topological polar surface area (TPSA) is 136 Å². The van der Waals surface area contributed by atoms with Gasteiger partial charge < -0.3 is 9.84 Å². The van der Waals surface area contributed by atoms with Crippen LogP contribution < -0.4 is 9.64 Å². The van der Waals surface area contributed by atoms with Gasteiger partial charge in [-0.15, -0.1) is 11.3 Å². The Kier molecular flexibility index (Phi) is 5.77. The molecule has 0 saturated heterocycles. The number of nitrogens with zero attached hydrogens (tertiary/aromatic N) is 4. The summed E-state index contributed by atoms with van der Waals surface area (Å²) in [7, 11) is 1.54. The van der Waals surface area contributed by atoms with Gasteiger partial charge in [0, 0.05) is 12.1 Å². The quantitative estimate of drug-likeness (QED) is 0.211. The number of aliphatic hydroxyl groups excluding tert-OH is 1. The van der Waals surface area contributed by atoms with Gasteiger partial charge in [0.2, 0.25) is 5.78 Å². The number of amides is 1. The molecule has 4 aromatic rings. The second-order valence-corrected chi connectivity index (χ2v) is 10.2. The third kappa shape index (κ3) is 3.80. The molecular formula is C24H18N4O6S2. The predicted molar refractivity (Wildman–Crippen MR) is 135 cm³/mol. The lowest BCUT2D eigenvalue weighted by atomic mass is 9.95. The molecule has 0 fully saturated rings. The molecule has 12 heteroatoms. The molecule has 10 nitrogen and oxygen atoms in total. The molecule has 2 aromatic heterocycles. The number of carbonyl (C=O) groups excluding carboxylic acids is 2. The van der Waals surface area contributed by atoms with E-state index >= 15 is 0 Å². The normalized spacial score (nSPS) is 15.7. The van der Waals surface area contributed by atoms with E-state index in [1.54, 1.807) is 38.1 Å². The van der Waals surface area contributed by atoms with Crippen molar-refractivity contribution in [2.75, 3.05) is 12.0 Å². The molecule has 1 amide bonds. The summed E-state index contributed by atoms with van der Waals surface area (Å²) in [6.07, 6.45) is 0. The van der Waals surface area contributed by atoms with Crippen molar-refractivity contribution in [1.29, 1.82) is 0 Å². The van der Waals surface area contributed by atoms with Crippen LogP contribution in [-0.4, -0.2) is 38.8 Å². The summed E-state index contributed by atoms with van der Waals surface area (Å²) in [4.78, 5) is 48.3. The fraction of sp³-hybridized carbons (Fsp3) is 0.167. The second-order valence-electron chi connectivity index (χ2n) is 8.00. The van der Waals surface area contributed by atoms with E-state index in [0.717, 1.165) is 16.0 Å². The lowest BCUT2D eigenvalue weighted by Gasteiger charge is -2.24. The van der Waals surface area contributed by atoms with Crippen molar-refractivity contribution < 1.29 is 24.4 Å². The van der Waals surface area contributed by atoms with Gasteiger partial charge in [0.15, 0.2) is 10.9 Å².